The lowest BCUT2D eigenvalue weighted by molar-refractivity contribution is -0.121. The number of carbonyl (C=O) groups is 3. The van der Waals surface area contributed by atoms with Gasteiger partial charge in [0.05, 0.1) is 24.9 Å². The van der Waals surface area contributed by atoms with Crippen LogP contribution in [0.5, 0.6) is 5.75 Å². The number of rotatable bonds is 10. The number of aromatic carboxylic acids is 1. The number of Topliss-reactive ketones (excluding diaryl/α,β-unsaturated/α-hetero) is 2. The van der Waals surface area contributed by atoms with E-state index in [0.717, 1.165) is 11.1 Å². The zero-order chi connectivity index (χ0) is 29.0. The molecule has 8 heteroatoms. The van der Waals surface area contributed by atoms with E-state index in [1.165, 1.54) is 43.0 Å². The van der Waals surface area contributed by atoms with Crippen LogP contribution >= 0.6 is 11.6 Å². The van der Waals surface area contributed by atoms with Gasteiger partial charge in [-0.15, -0.1) is 0 Å². The lowest BCUT2D eigenvalue weighted by Gasteiger charge is -2.22. The molecular formula is C32H28ClNO6. The third kappa shape index (κ3) is 6.38. The quantitative estimate of drug-likeness (QED) is 0.241. The van der Waals surface area contributed by atoms with Gasteiger partial charge in [0.15, 0.2) is 11.6 Å². The maximum atomic E-state index is 13.7. The number of benzene rings is 3. The van der Waals surface area contributed by atoms with E-state index in [-0.39, 0.29) is 30.0 Å². The standard InChI is InChI=1S/C32H28ClNO6/c1-19-5-4-6-22(13-19)14-28(29(36)15-21-7-9-23(10-8-21)32(38)39)34-18-30(40-3)27(17-31(34)37)26-16-24(33)11-12-25(26)20(2)35/h4-13,16-18,28H,14-15H2,1-3H3,(H,38,39). The zero-order valence-electron chi connectivity index (χ0n) is 22.3. The maximum absolute atomic E-state index is 13.7. The number of hydrogen-bond acceptors (Lipinski definition) is 5. The largest absolute Gasteiger partial charge is 0.495 e. The molecule has 1 aromatic heterocycles. The van der Waals surface area contributed by atoms with Crippen molar-refractivity contribution in [2.45, 2.75) is 32.7 Å². The predicted molar refractivity (Wildman–Crippen MR) is 154 cm³/mol. The molecule has 0 fully saturated rings. The van der Waals surface area contributed by atoms with Crippen molar-refractivity contribution in [3.8, 4) is 16.9 Å². The fourth-order valence-corrected chi connectivity index (χ4v) is 4.88. The number of carbonyl (C=O) groups excluding carboxylic acids is 2. The van der Waals surface area contributed by atoms with Crippen LogP contribution in [0, 0.1) is 6.92 Å². The number of nitrogens with zero attached hydrogens (tertiary/aromatic N) is 1. The highest BCUT2D eigenvalue weighted by Gasteiger charge is 2.25. The van der Waals surface area contributed by atoms with Crippen LogP contribution < -0.4 is 10.3 Å². The average Bonchev–Trinajstić information content (AvgIpc) is 2.92. The number of halogens is 1. The van der Waals surface area contributed by atoms with E-state index in [0.29, 0.717) is 33.0 Å². The van der Waals surface area contributed by atoms with Crippen molar-refractivity contribution in [1.82, 2.24) is 4.57 Å². The van der Waals surface area contributed by atoms with Gasteiger partial charge < -0.3 is 14.4 Å². The summed E-state index contributed by atoms with van der Waals surface area (Å²) in [7, 11) is 1.45. The molecule has 0 saturated carbocycles. The Bertz CT molecular complexity index is 1660. The molecule has 4 aromatic rings. The lowest BCUT2D eigenvalue weighted by Crippen LogP contribution is -2.32. The number of ether oxygens (including phenoxy) is 1. The molecule has 4 rings (SSSR count). The summed E-state index contributed by atoms with van der Waals surface area (Å²) in [5.41, 5.74) is 3.44. The van der Waals surface area contributed by atoms with Crippen molar-refractivity contribution in [2.75, 3.05) is 7.11 Å². The Morgan fingerprint density at radius 2 is 1.68 bits per heavy atom. The molecule has 0 spiro atoms. The average molecular weight is 558 g/mol. The van der Waals surface area contributed by atoms with Gasteiger partial charge >= 0.3 is 5.97 Å². The van der Waals surface area contributed by atoms with Crippen LogP contribution in [0.3, 0.4) is 0 Å². The van der Waals surface area contributed by atoms with Gasteiger partial charge in [-0.25, -0.2) is 4.79 Å². The summed E-state index contributed by atoms with van der Waals surface area (Å²) in [6.07, 6.45) is 1.75. The zero-order valence-corrected chi connectivity index (χ0v) is 23.1. The van der Waals surface area contributed by atoms with E-state index in [2.05, 4.69) is 0 Å². The maximum Gasteiger partial charge on any atom is 0.335 e. The molecule has 0 radical (unpaired) electrons. The summed E-state index contributed by atoms with van der Waals surface area (Å²) >= 11 is 6.22. The molecule has 0 aliphatic rings. The molecule has 7 nitrogen and oxygen atoms in total. The predicted octanol–water partition coefficient (Wildman–Crippen LogP) is 5.98. The molecule has 1 N–H and O–H groups in total. The first-order valence-corrected chi connectivity index (χ1v) is 13.0. The second-order valence-electron chi connectivity index (χ2n) is 9.60. The normalized spacial score (nSPS) is 11.6. The fraction of sp³-hybridized carbons (Fsp3) is 0.188. The molecule has 0 aliphatic heterocycles. The van der Waals surface area contributed by atoms with E-state index in [1.54, 1.807) is 30.3 Å². The first kappa shape index (κ1) is 28.5. The Hall–Kier alpha value is -4.49. The summed E-state index contributed by atoms with van der Waals surface area (Å²) in [4.78, 5) is 50.9. The second kappa shape index (κ2) is 12.1. The third-order valence-corrected chi connectivity index (χ3v) is 6.95. The number of aryl methyl sites for hydroxylation is 1. The van der Waals surface area contributed by atoms with E-state index in [9.17, 15) is 24.3 Å². The smallest absolute Gasteiger partial charge is 0.335 e. The molecule has 0 aliphatic carbocycles. The Balaban J connectivity index is 1.80. The van der Waals surface area contributed by atoms with Crippen LogP contribution in [0.15, 0.2) is 83.8 Å². The van der Waals surface area contributed by atoms with Gasteiger partial charge in [-0.3, -0.25) is 14.4 Å². The summed E-state index contributed by atoms with van der Waals surface area (Å²) < 4.78 is 7.00. The molecule has 0 amide bonds. The molecule has 204 valence electrons. The lowest BCUT2D eigenvalue weighted by atomic mass is 9.95. The van der Waals surface area contributed by atoms with E-state index < -0.39 is 17.6 Å². The van der Waals surface area contributed by atoms with Gasteiger partial charge in [0.25, 0.3) is 5.56 Å². The molecule has 0 saturated heterocycles. The van der Waals surface area contributed by atoms with Crippen LogP contribution in [-0.4, -0.2) is 34.3 Å². The molecule has 3 aromatic carbocycles. The number of methoxy groups -OCH3 is 1. The molecular weight excluding hydrogens is 530 g/mol. The van der Waals surface area contributed by atoms with Gasteiger partial charge in [-0.2, -0.15) is 0 Å². The van der Waals surface area contributed by atoms with Crippen molar-refractivity contribution in [2.24, 2.45) is 0 Å². The van der Waals surface area contributed by atoms with E-state index in [4.69, 9.17) is 16.3 Å². The van der Waals surface area contributed by atoms with Crippen LogP contribution in [0.2, 0.25) is 5.02 Å². The van der Waals surface area contributed by atoms with Crippen molar-refractivity contribution in [1.29, 1.82) is 0 Å². The Kier molecular flexibility index (Phi) is 8.65. The summed E-state index contributed by atoms with van der Waals surface area (Å²) in [6.45, 7) is 3.38. The highest BCUT2D eigenvalue weighted by Crippen LogP contribution is 2.34. The van der Waals surface area contributed by atoms with Crippen LogP contribution in [0.1, 0.15) is 50.4 Å². The molecule has 1 unspecified atom stereocenters. The SMILES string of the molecule is COc1cn(C(Cc2cccc(C)c2)C(=O)Cc2ccc(C(=O)O)cc2)c(=O)cc1-c1cc(Cl)ccc1C(C)=O. The fourth-order valence-electron chi connectivity index (χ4n) is 4.71. The van der Waals surface area contributed by atoms with E-state index in [1.807, 2.05) is 31.2 Å². The number of pyridine rings is 1. The molecule has 40 heavy (non-hydrogen) atoms. The minimum absolute atomic E-state index is 0.00430. The number of hydrogen-bond donors (Lipinski definition) is 1. The van der Waals surface area contributed by atoms with Crippen molar-refractivity contribution in [3.05, 3.63) is 122 Å². The molecule has 0 bridgehead atoms. The van der Waals surface area contributed by atoms with Gasteiger partial charge in [-0.1, -0.05) is 53.6 Å². The van der Waals surface area contributed by atoms with Gasteiger partial charge in [-0.05, 0) is 60.9 Å². The highest BCUT2D eigenvalue weighted by atomic mass is 35.5. The first-order chi connectivity index (χ1) is 19.1. The van der Waals surface area contributed by atoms with Gasteiger partial charge in [0.1, 0.15) is 5.75 Å². The summed E-state index contributed by atoms with van der Waals surface area (Å²) in [5.74, 6) is -1.17. The monoisotopic (exact) mass is 557 g/mol. The summed E-state index contributed by atoms with van der Waals surface area (Å²) in [5, 5.41) is 9.58. The highest BCUT2D eigenvalue weighted by molar-refractivity contribution is 6.31. The third-order valence-electron chi connectivity index (χ3n) is 6.71. The van der Waals surface area contributed by atoms with Crippen molar-refractivity contribution < 1.29 is 24.2 Å². The second-order valence-corrected chi connectivity index (χ2v) is 10.0. The topological polar surface area (TPSA) is 103 Å². The number of carboxylic acids is 1. The minimum Gasteiger partial charge on any atom is -0.495 e. The first-order valence-electron chi connectivity index (χ1n) is 12.6. The minimum atomic E-state index is -1.05. The van der Waals surface area contributed by atoms with Gasteiger partial charge in [0.2, 0.25) is 0 Å². The Morgan fingerprint density at radius 1 is 0.950 bits per heavy atom. The number of aromatic nitrogens is 1. The number of carboxylic acid groups (broad SMARTS) is 1. The van der Waals surface area contributed by atoms with Gasteiger partial charge in [0, 0.05) is 35.1 Å². The Labute approximate surface area is 236 Å². The van der Waals surface area contributed by atoms with Crippen LogP contribution in [-0.2, 0) is 17.6 Å². The van der Waals surface area contributed by atoms with E-state index >= 15 is 0 Å². The van der Waals surface area contributed by atoms with Crippen molar-refractivity contribution >= 4 is 29.1 Å². The molecule has 1 heterocycles. The molecule has 1 atom stereocenters. The Morgan fingerprint density at radius 3 is 2.30 bits per heavy atom. The van der Waals surface area contributed by atoms with Crippen LogP contribution in [0.4, 0.5) is 0 Å². The number of ketones is 2. The summed E-state index contributed by atoms with van der Waals surface area (Å²) in [6, 6.07) is 19.1. The van der Waals surface area contributed by atoms with Crippen LogP contribution in [0.25, 0.3) is 11.1 Å². The van der Waals surface area contributed by atoms with Crippen molar-refractivity contribution in [3.63, 3.8) is 0 Å².